The molecule has 2 heterocycles. The first-order valence-corrected chi connectivity index (χ1v) is 10.3. The molecule has 2 N–H and O–H groups in total. The maximum atomic E-state index is 5.51. The molecular formula is C21H37N5O. The highest BCUT2D eigenvalue weighted by Gasteiger charge is 2.21. The third kappa shape index (κ3) is 8.26. The molecule has 1 aliphatic heterocycles. The topological polar surface area (TPSA) is 61.8 Å². The number of guanidine groups is 1. The number of aromatic nitrogens is 1. The van der Waals surface area contributed by atoms with E-state index in [1.54, 1.807) is 0 Å². The highest BCUT2D eigenvalue weighted by molar-refractivity contribution is 5.79. The van der Waals surface area contributed by atoms with Gasteiger partial charge in [0.1, 0.15) is 0 Å². The number of nitrogens with zero attached hydrogens (tertiary/aromatic N) is 3. The van der Waals surface area contributed by atoms with E-state index in [4.69, 9.17) is 9.73 Å². The number of morpholine rings is 1. The average Bonchev–Trinajstić information content (AvgIpc) is 2.67. The Labute approximate surface area is 164 Å². The Balaban J connectivity index is 1.89. The smallest absolute Gasteiger partial charge is 0.191 e. The number of aryl methyl sites for hydroxylation is 1. The molecule has 2 rings (SSSR count). The Morgan fingerprint density at radius 3 is 2.67 bits per heavy atom. The van der Waals surface area contributed by atoms with Crippen molar-refractivity contribution >= 4 is 5.96 Å². The van der Waals surface area contributed by atoms with E-state index in [1.807, 2.05) is 13.1 Å². The van der Waals surface area contributed by atoms with E-state index in [0.717, 1.165) is 70.4 Å². The minimum atomic E-state index is 0.477. The molecule has 1 aromatic heterocycles. The van der Waals surface area contributed by atoms with Crippen LogP contribution in [0.15, 0.2) is 23.3 Å². The van der Waals surface area contributed by atoms with Gasteiger partial charge in [0.2, 0.25) is 0 Å². The second-order valence-corrected chi connectivity index (χ2v) is 7.64. The third-order valence-corrected chi connectivity index (χ3v) is 4.79. The molecule has 0 aliphatic carbocycles. The van der Waals surface area contributed by atoms with Crippen molar-refractivity contribution in [3.63, 3.8) is 0 Å². The molecule has 0 spiro atoms. The Kier molecular flexibility index (Phi) is 9.56. The molecule has 6 heteroatoms. The van der Waals surface area contributed by atoms with Crippen molar-refractivity contribution < 1.29 is 4.74 Å². The molecule has 6 nitrogen and oxygen atoms in total. The molecule has 1 aliphatic rings. The zero-order chi connectivity index (χ0) is 19.5. The van der Waals surface area contributed by atoms with E-state index in [2.05, 4.69) is 53.4 Å². The number of rotatable bonds is 9. The summed E-state index contributed by atoms with van der Waals surface area (Å²) in [7, 11) is 0. The summed E-state index contributed by atoms with van der Waals surface area (Å²) < 4.78 is 5.51. The van der Waals surface area contributed by atoms with Gasteiger partial charge in [0, 0.05) is 44.1 Å². The Morgan fingerprint density at radius 1 is 1.26 bits per heavy atom. The summed E-state index contributed by atoms with van der Waals surface area (Å²) in [6.07, 6.45) is 4.06. The van der Waals surface area contributed by atoms with Crippen molar-refractivity contribution in [1.82, 2.24) is 20.5 Å². The minimum absolute atomic E-state index is 0.477. The van der Waals surface area contributed by atoms with Crippen LogP contribution in [-0.2, 0) is 11.2 Å². The lowest BCUT2D eigenvalue weighted by atomic mass is 10.0. The van der Waals surface area contributed by atoms with Crippen LogP contribution in [0, 0.1) is 12.8 Å². The van der Waals surface area contributed by atoms with Crippen molar-refractivity contribution in [2.75, 3.05) is 45.9 Å². The Morgan fingerprint density at radius 2 is 2.04 bits per heavy atom. The molecule has 0 amide bonds. The monoisotopic (exact) mass is 375 g/mol. The minimum Gasteiger partial charge on any atom is -0.379 e. The average molecular weight is 376 g/mol. The third-order valence-electron chi connectivity index (χ3n) is 4.79. The number of pyridine rings is 1. The number of ether oxygens (including phenoxy) is 1. The van der Waals surface area contributed by atoms with Crippen LogP contribution >= 0.6 is 0 Å². The molecule has 1 atom stereocenters. The number of aliphatic imine (C=N–C) groups is 1. The fourth-order valence-electron chi connectivity index (χ4n) is 3.34. The van der Waals surface area contributed by atoms with Crippen LogP contribution < -0.4 is 10.6 Å². The van der Waals surface area contributed by atoms with E-state index in [0.29, 0.717) is 12.0 Å². The lowest BCUT2D eigenvalue weighted by molar-refractivity contribution is 0.0143. The van der Waals surface area contributed by atoms with Gasteiger partial charge in [-0.15, -0.1) is 0 Å². The van der Waals surface area contributed by atoms with Crippen LogP contribution in [0.3, 0.4) is 0 Å². The highest BCUT2D eigenvalue weighted by Crippen LogP contribution is 2.14. The quantitative estimate of drug-likeness (QED) is 0.512. The summed E-state index contributed by atoms with van der Waals surface area (Å²) in [6.45, 7) is 14.9. The fraction of sp³-hybridized carbons (Fsp3) is 0.714. The second-order valence-electron chi connectivity index (χ2n) is 7.64. The van der Waals surface area contributed by atoms with Gasteiger partial charge >= 0.3 is 0 Å². The van der Waals surface area contributed by atoms with E-state index >= 15 is 0 Å². The number of nitrogens with one attached hydrogen (secondary N) is 2. The van der Waals surface area contributed by atoms with Gasteiger partial charge in [-0.3, -0.25) is 14.9 Å². The molecule has 1 aromatic rings. The molecule has 0 aromatic carbocycles. The molecule has 0 bridgehead atoms. The van der Waals surface area contributed by atoms with E-state index in [1.165, 1.54) is 5.56 Å². The highest BCUT2D eigenvalue weighted by atomic mass is 16.5. The molecule has 1 unspecified atom stereocenters. The molecule has 27 heavy (non-hydrogen) atoms. The van der Waals surface area contributed by atoms with Gasteiger partial charge < -0.3 is 15.4 Å². The van der Waals surface area contributed by atoms with E-state index in [9.17, 15) is 0 Å². The summed E-state index contributed by atoms with van der Waals surface area (Å²) in [6, 6.07) is 4.68. The van der Waals surface area contributed by atoms with Crippen molar-refractivity contribution in [1.29, 1.82) is 0 Å². The normalized spacial score (nSPS) is 17.1. The summed E-state index contributed by atoms with van der Waals surface area (Å²) >= 11 is 0. The van der Waals surface area contributed by atoms with Crippen LogP contribution in [0.1, 0.15) is 38.4 Å². The lowest BCUT2D eigenvalue weighted by Gasteiger charge is -2.34. The number of hydrogen-bond donors (Lipinski definition) is 2. The van der Waals surface area contributed by atoms with Crippen LogP contribution in [-0.4, -0.2) is 67.8 Å². The van der Waals surface area contributed by atoms with Crippen molar-refractivity contribution in [2.45, 2.75) is 46.6 Å². The predicted molar refractivity (Wildman–Crippen MR) is 112 cm³/mol. The molecule has 152 valence electrons. The maximum Gasteiger partial charge on any atom is 0.191 e. The summed E-state index contributed by atoms with van der Waals surface area (Å²) in [5.41, 5.74) is 2.30. The zero-order valence-electron chi connectivity index (χ0n) is 17.5. The van der Waals surface area contributed by atoms with E-state index in [-0.39, 0.29) is 0 Å². The lowest BCUT2D eigenvalue weighted by Crippen LogP contribution is -2.46. The first-order valence-electron chi connectivity index (χ1n) is 10.3. The van der Waals surface area contributed by atoms with Gasteiger partial charge in [0.25, 0.3) is 0 Å². The molecule has 1 fully saturated rings. The molecule has 0 radical (unpaired) electrons. The summed E-state index contributed by atoms with van der Waals surface area (Å²) in [5.74, 6) is 1.57. The van der Waals surface area contributed by atoms with Crippen LogP contribution in [0.5, 0.6) is 0 Å². The standard InChI is InChI=1S/C21H37N5O/c1-5-22-21(23-9-8-19-7-6-18(4)24-15-19)25-16-20(14-17(2)3)26-10-12-27-13-11-26/h6-7,15,17,20H,5,8-14,16H2,1-4H3,(H2,22,23,25). The van der Waals surface area contributed by atoms with Crippen LogP contribution in [0.2, 0.25) is 0 Å². The van der Waals surface area contributed by atoms with Gasteiger partial charge in [0.05, 0.1) is 19.8 Å². The zero-order valence-corrected chi connectivity index (χ0v) is 17.5. The van der Waals surface area contributed by atoms with Crippen molar-refractivity contribution in [2.24, 2.45) is 10.9 Å². The SMILES string of the molecule is CCNC(=NCC(CC(C)C)N1CCOCC1)NCCc1ccc(C)nc1. The van der Waals surface area contributed by atoms with E-state index < -0.39 is 0 Å². The van der Waals surface area contributed by atoms with Crippen LogP contribution in [0.25, 0.3) is 0 Å². The van der Waals surface area contributed by atoms with Gasteiger partial charge in [-0.05, 0) is 44.2 Å². The Bertz CT molecular complexity index is 552. The van der Waals surface area contributed by atoms with Crippen LogP contribution in [0.4, 0.5) is 0 Å². The predicted octanol–water partition coefficient (Wildman–Crippen LogP) is 2.23. The Hall–Kier alpha value is -1.66. The fourth-order valence-corrected chi connectivity index (χ4v) is 3.34. The van der Waals surface area contributed by atoms with Gasteiger partial charge in [-0.25, -0.2) is 0 Å². The molecule has 1 saturated heterocycles. The van der Waals surface area contributed by atoms with Gasteiger partial charge in [-0.1, -0.05) is 19.9 Å². The van der Waals surface area contributed by atoms with Crippen molar-refractivity contribution in [3.05, 3.63) is 29.6 Å². The summed E-state index contributed by atoms with van der Waals surface area (Å²) in [5, 5.41) is 6.83. The van der Waals surface area contributed by atoms with Gasteiger partial charge in [-0.2, -0.15) is 0 Å². The maximum absolute atomic E-state index is 5.51. The first-order chi connectivity index (χ1) is 13.1. The van der Waals surface area contributed by atoms with Crippen molar-refractivity contribution in [3.8, 4) is 0 Å². The molecule has 0 saturated carbocycles. The van der Waals surface area contributed by atoms with Gasteiger partial charge in [0.15, 0.2) is 5.96 Å². The molecular weight excluding hydrogens is 338 g/mol. The first kappa shape index (κ1) is 21.6. The summed E-state index contributed by atoms with van der Waals surface area (Å²) in [4.78, 5) is 11.8. The largest absolute Gasteiger partial charge is 0.379 e. The second kappa shape index (κ2) is 11.9. The number of hydrogen-bond acceptors (Lipinski definition) is 4.